The molecule has 0 amide bonds. The molecule has 2 nitrogen and oxygen atoms in total. The number of benzene rings is 1. The van der Waals surface area contributed by atoms with Crippen molar-refractivity contribution in [3.63, 3.8) is 0 Å². The minimum atomic E-state index is 0.664. The summed E-state index contributed by atoms with van der Waals surface area (Å²) in [6.07, 6.45) is 6.70. The Kier molecular flexibility index (Phi) is 4.15. The van der Waals surface area contributed by atoms with Gasteiger partial charge >= 0.3 is 0 Å². The van der Waals surface area contributed by atoms with E-state index in [1.807, 2.05) is 6.07 Å². The van der Waals surface area contributed by atoms with Gasteiger partial charge in [0.25, 0.3) is 0 Å². The highest BCUT2D eigenvalue weighted by atomic mass is 15.1. The van der Waals surface area contributed by atoms with E-state index >= 15 is 0 Å². The van der Waals surface area contributed by atoms with Gasteiger partial charge in [0.05, 0.1) is 11.4 Å². The van der Waals surface area contributed by atoms with Crippen molar-refractivity contribution in [1.82, 2.24) is 0 Å². The average Bonchev–Trinajstić information content (AvgIpc) is 2.41. The zero-order valence-electron chi connectivity index (χ0n) is 11.9. The molecule has 2 heteroatoms. The lowest BCUT2D eigenvalue weighted by molar-refractivity contribution is 0.313. The predicted octanol–water partition coefficient (Wildman–Crippen LogP) is 3.98. The second kappa shape index (κ2) is 5.64. The summed E-state index contributed by atoms with van der Waals surface area (Å²) in [4.78, 5) is 2.40. The Morgan fingerprint density at radius 2 is 1.89 bits per heavy atom. The molecule has 2 rings (SSSR count). The number of hydrogen-bond donors (Lipinski definition) is 1. The summed E-state index contributed by atoms with van der Waals surface area (Å²) in [5.74, 6) is 0.949. The highest BCUT2D eigenvalue weighted by molar-refractivity contribution is 5.68. The van der Waals surface area contributed by atoms with Crippen molar-refractivity contribution >= 4 is 11.4 Å². The molecule has 0 bridgehead atoms. The monoisotopic (exact) mass is 246 g/mol. The number of rotatable bonds is 3. The van der Waals surface area contributed by atoms with Crippen molar-refractivity contribution in [2.24, 2.45) is 5.92 Å². The maximum absolute atomic E-state index is 6.11. The predicted molar refractivity (Wildman–Crippen MR) is 80.0 cm³/mol. The average molecular weight is 246 g/mol. The fourth-order valence-electron chi connectivity index (χ4n) is 3.10. The van der Waals surface area contributed by atoms with Gasteiger partial charge in [0.2, 0.25) is 0 Å². The molecule has 0 aromatic heterocycles. The summed E-state index contributed by atoms with van der Waals surface area (Å²) in [7, 11) is 2.20. The molecule has 18 heavy (non-hydrogen) atoms. The van der Waals surface area contributed by atoms with E-state index in [1.54, 1.807) is 0 Å². The molecule has 1 aromatic carbocycles. The van der Waals surface area contributed by atoms with Gasteiger partial charge in [0.1, 0.15) is 0 Å². The van der Waals surface area contributed by atoms with E-state index in [-0.39, 0.29) is 0 Å². The molecule has 1 aliphatic rings. The van der Waals surface area contributed by atoms with Crippen LogP contribution < -0.4 is 10.6 Å². The van der Waals surface area contributed by atoms with Gasteiger partial charge < -0.3 is 10.6 Å². The van der Waals surface area contributed by atoms with E-state index in [4.69, 9.17) is 5.73 Å². The minimum Gasteiger partial charge on any atom is -0.397 e. The molecular weight excluding hydrogens is 220 g/mol. The van der Waals surface area contributed by atoms with Gasteiger partial charge in [-0.15, -0.1) is 0 Å². The third kappa shape index (κ3) is 2.80. The summed E-state index contributed by atoms with van der Waals surface area (Å²) in [6, 6.07) is 6.98. The second-order valence-corrected chi connectivity index (χ2v) is 5.76. The SMILES string of the molecule is CCC1CCC(N(C)c2cc(C)ccc2N)CC1. The molecule has 0 spiro atoms. The first-order valence-electron chi connectivity index (χ1n) is 7.20. The Balaban J connectivity index is 2.07. The standard InChI is InChI=1S/C16H26N2/c1-4-13-6-8-14(9-7-13)18(3)16-11-12(2)5-10-15(16)17/h5,10-11,13-14H,4,6-9,17H2,1-3H3. The van der Waals surface area contributed by atoms with E-state index in [2.05, 4.69) is 37.9 Å². The molecule has 2 N–H and O–H groups in total. The topological polar surface area (TPSA) is 29.3 Å². The first kappa shape index (κ1) is 13.3. The summed E-state index contributed by atoms with van der Waals surface area (Å²) in [6.45, 7) is 4.44. The number of anilines is 2. The van der Waals surface area contributed by atoms with Gasteiger partial charge in [-0.25, -0.2) is 0 Å². The van der Waals surface area contributed by atoms with E-state index in [9.17, 15) is 0 Å². The summed E-state index contributed by atoms with van der Waals surface area (Å²) >= 11 is 0. The van der Waals surface area contributed by atoms with Crippen LogP contribution in [0.25, 0.3) is 0 Å². The van der Waals surface area contributed by atoms with E-state index < -0.39 is 0 Å². The van der Waals surface area contributed by atoms with Crippen LogP contribution in [-0.2, 0) is 0 Å². The quantitative estimate of drug-likeness (QED) is 0.817. The highest BCUT2D eigenvalue weighted by Crippen LogP contribution is 2.33. The van der Waals surface area contributed by atoms with Crippen molar-refractivity contribution < 1.29 is 0 Å². The highest BCUT2D eigenvalue weighted by Gasteiger charge is 2.24. The molecular formula is C16H26N2. The summed E-state index contributed by atoms with van der Waals surface area (Å²) in [5.41, 5.74) is 9.50. The molecule has 0 saturated heterocycles. The van der Waals surface area contributed by atoms with E-state index in [1.165, 1.54) is 43.4 Å². The molecule has 0 aliphatic heterocycles. The molecule has 0 unspecified atom stereocenters. The number of nitrogens with zero attached hydrogens (tertiary/aromatic N) is 1. The Labute approximate surface area is 111 Å². The first-order valence-corrected chi connectivity index (χ1v) is 7.20. The lowest BCUT2D eigenvalue weighted by Gasteiger charge is -2.36. The van der Waals surface area contributed by atoms with Gasteiger partial charge in [-0.1, -0.05) is 19.4 Å². The molecule has 1 saturated carbocycles. The fourth-order valence-corrected chi connectivity index (χ4v) is 3.10. The molecule has 0 heterocycles. The van der Waals surface area contributed by atoms with Crippen LogP contribution in [0, 0.1) is 12.8 Å². The number of nitrogens with two attached hydrogens (primary N) is 1. The lowest BCUT2D eigenvalue weighted by Crippen LogP contribution is -2.35. The molecule has 100 valence electrons. The van der Waals surface area contributed by atoms with Gasteiger partial charge in [0.15, 0.2) is 0 Å². The normalized spacial score (nSPS) is 23.9. The maximum Gasteiger partial charge on any atom is 0.0602 e. The Morgan fingerprint density at radius 3 is 2.50 bits per heavy atom. The second-order valence-electron chi connectivity index (χ2n) is 5.76. The molecule has 1 aromatic rings. The lowest BCUT2D eigenvalue weighted by atomic mass is 9.84. The Hall–Kier alpha value is -1.18. The van der Waals surface area contributed by atoms with Gasteiger partial charge in [-0.3, -0.25) is 0 Å². The largest absolute Gasteiger partial charge is 0.397 e. The van der Waals surface area contributed by atoms with Crippen molar-refractivity contribution in [3.05, 3.63) is 23.8 Å². The van der Waals surface area contributed by atoms with Crippen molar-refractivity contribution in [1.29, 1.82) is 0 Å². The number of nitrogen functional groups attached to an aromatic ring is 1. The van der Waals surface area contributed by atoms with Crippen LogP contribution in [0.3, 0.4) is 0 Å². The van der Waals surface area contributed by atoms with E-state index in [0.717, 1.165) is 11.6 Å². The number of aryl methyl sites for hydroxylation is 1. The van der Waals surface area contributed by atoms with Crippen LogP contribution >= 0.6 is 0 Å². The van der Waals surface area contributed by atoms with Crippen LogP contribution in [0.1, 0.15) is 44.6 Å². The van der Waals surface area contributed by atoms with Crippen molar-refractivity contribution in [2.75, 3.05) is 17.7 Å². The third-order valence-electron chi connectivity index (χ3n) is 4.51. The summed E-state index contributed by atoms with van der Waals surface area (Å²) < 4.78 is 0. The maximum atomic E-state index is 6.11. The van der Waals surface area contributed by atoms with Crippen molar-refractivity contribution in [3.8, 4) is 0 Å². The van der Waals surface area contributed by atoms with Crippen LogP contribution in [0.15, 0.2) is 18.2 Å². The fraction of sp³-hybridized carbons (Fsp3) is 0.625. The van der Waals surface area contributed by atoms with Gasteiger partial charge in [-0.05, 0) is 56.2 Å². The summed E-state index contributed by atoms with van der Waals surface area (Å²) in [5, 5.41) is 0. The van der Waals surface area contributed by atoms with Crippen LogP contribution in [0.4, 0.5) is 11.4 Å². The van der Waals surface area contributed by atoms with Crippen LogP contribution in [0.5, 0.6) is 0 Å². The molecule has 0 atom stereocenters. The third-order valence-corrected chi connectivity index (χ3v) is 4.51. The molecule has 1 fully saturated rings. The Morgan fingerprint density at radius 1 is 1.22 bits per heavy atom. The zero-order chi connectivity index (χ0) is 13.1. The molecule has 0 radical (unpaired) electrons. The minimum absolute atomic E-state index is 0.664. The van der Waals surface area contributed by atoms with E-state index in [0.29, 0.717) is 6.04 Å². The van der Waals surface area contributed by atoms with Gasteiger partial charge in [-0.2, -0.15) is 0 Å². The number of hydrogen-bond acceptors (Lipinski definition) is 2. The van der Waals surface area contributed by atoms with Crippen LogP contribution in [-0.4, -0.2) is 13.1 Å². The zero-order valence-corrected chi connectivity index (χ0v) is 11.9. The van der Waals surface area contributed by atoms with Crippen LogP contribution in [0.2, 0.25) is 0 Å². The smallest absolute Gasteiger partial charge is 0.0602 e. The molecule has 1 aliphatic carbocycles. The Bertz CT molecular complexity index is 392. The van der Waals surface area contributed by atoms with Gasteiger partial charge in [0, 0.05) is 13.1 Å². The first-order chi connectivity index (χ1) is 8.61. The van der Waals surface area contributed by atoms with Crippen molar-refractivity contribution in [2.45, 2.75) is 52.0 Å².